The van der Waals surface area contributed by atoms with Crippen LogP contribution >= 0.6 is 0 Å². The minimum atomic E-state index is -0.382. The van der Waals surface area contributed by atoms with Gasteiger partial charge in [0.1, 0.15) is 11.6 Å². The highest BCUT2D eigenvalue weighted by Gasteiger charge is 2.13. The molecular weight excluding hydrogens is 269 g/mol. The predicted molar refractivity (Wildman–Crippen MR) is 80.2 cm³/mol. The first-order valence-electron chi connectivity index (χ1n) is 7.04. The third-order valence-electron chi connectivity index (χ3n) is 3.21. The fourth-order valence-corrected chi connectivity index (χ4v) is 2.06. The van der Waals surface area contributed by atoms with Crippen LogP contribution in [0.2, 0.25) is 0 Å². The minimum absolute atomic E-state index is 0.308. The Hall–Kier alpha value is -1.98. The third kappa shape index (κ3) is 4.24. The van der Waals surface area contributed by atoms with Gasteiger partial charge in [0.2, 0.25) is 0 Å². The molecule has 3 N–H and O–H groups in total. The molecule has 5 heteroatoms. The zero-order valence-corrected chi connectivity index (χ0v) is 12.1. The Balaban J connectivity index is 2.12. The summed E-state index contributed by atoms with van der Waals surface area (Å²) in [6.45, 7) is 2.83. The Morgan fingerprint density at radius 3 is 2.62 bits per heavy atom. The van der Waals surface area contributed by atoms with Gasteiger partial charge in [-0.3, -0.25) is 10.8 Å². The topological polar surface area (TPSA) is 60.2 Å². The smallest absolute Gasteiger partial charge is 0.141 e. The maximum Gasteiger partial charge on any atom is 0.141 e. The quantitative estimate of drug-likeness (QED) is 0.467. The van der Waals surface area contributed by atoms with Gasteiger partial charge in [-0.15, -0.1) is 0 Å². The molecule has 0 spiro atoms. The lowest BCUT2D eigenvalue weighted by Crippen LogP contribution is -2.29. The molecule has 0 aliphatic heterocycles. The van der Waals surface area contributed by atoms with E-state index in [2.05, 4.69) is 17.3 Å². The van der Waals surface area contributed by atoms with Crippen molar-refractivity contribution in [2.75, 3.05) is 6.61 Å². The Bertz CT molecular complexity index is 560. The standard InChI is InChI=1S/C16H20FN3O/c1-2-3-8-21-15-6-4-12(5-7-15)16(20-18)13-9-14(17)11-19-10-13/h4-7,9-11,16,20H,2-3,8,18H2,1H3. The van der Waals surface area contributed by atoms with E-state index in [0.29, 0.717) is 12.2 Å². The number of hydrogen-bond donors (Lipinski definition) is 2. The zero-order chi connectivity index (χ0) is 15.1. The van der Waals surface area contributed by atoms with Gasteiger partial charge in [-0.05, 0) is 35.7 Å². The lowest BCUT2D eigenvalue weighted by Gasteiger charge is -2.17. The van der Waals surface area contributed by atoms with Crippen LogP contribution in [0.4, 0.5) is 4.39 Å². The normalized spacial score (nSPS) is 12.1. The highest BCUT2D eigenvalue weighted by molar-refractivity contribution is 5.34. The van der Waals surface area contributed by atoms with E-state index in [0.717, 1.165) is 24.2 Å². The number of unbranched alkanes of at least 4 members (excludes halogenated alkanes) is 1. The summed E-state index contributed by atoms with van der Waals surface area (Å²) in [5.41, 5.74) is 4.29. The van der Waals surface area contributed by atoms with Crippen LogP contribution in [-0.2, 0) is 0 Å². The largest absolute Gasteiger partial charge is 0.494 e. The maximum atomic E-state index is 13.3. The fourth-order valence-electron chi connectivity index (χ4n) is 2.06. The van der Waals surface area contributed by atoms with Crippen LogP contribution in [0.1, 0.15) is 36.9 Å². The first kappa shape index (κ1) is 15.4. The molecule has 1 aromatic heterocycles. The molecule has 1 aromatic carbocycles. The molecule has 21 heavy (non-hydrogen) atoms. The molecular formula is C16H20FN3O. The Morgan fingerprint density at radius 1 is 1.24 bits per heavy atom. The van der Waals surface area contributed by atoms with Crippen molar-refractivity contribution in [3.63, 3.8) is 0 Å². The number of ether oxygens (including phenoxy) is 1. The molecule has 0 fully saturated rings. The van der Waals surface area contributed by atoms with Crippen molar-refractivity contribution in [2.45, 2.75) is 25.8 Å². The Labute approximate surface area is 124 Å². The molecule has 1 heterocycles. The number of halogens is 1. The highest BCUT2D eigenvalue weighted by atomic mass is 19.1. The summed E-state index contributed by atoms with van der Waals surface area (Å²) in [5.74, 6) is 6.03. The molecule has 0 bridgehead atoms. The van der Waals surface area contributed by atoms with Gasteiger partial charge in [0.25, 0.3) is 0 Å². The fraction of sp³-hybridized carbons (Fsp3) is 0.312. The molecule has 0 aliphatic carbocycles. The van der Waals surface area contributed by atoms with Gasteiger partial charge in [0.05, 0.1) is 18.8 Å². The van der Waals surface area contributed by atoms with Crippen molar-refractivity contribution in [2.24, 2.45) is 5.84 Å². The van der Waals surface area contributed by atoms with Crippen molar-refractivity contribution in [1.82, 2.24) is 10.4 Å². The second-order valence-electron chi connectivity index (χ2n) is 4.81. The zero-order valence-electron chi connectivity index (χ0n) is 12.1. The molecule has 1 atom stereocenters. The van der Waals surface area contributed by atoms with Gasteiger partial charge in [0.15, 0.2) is 0 Å². The molecule has 4 nitrogen and oxygen atoms in total. The van der Waals surface area contributed by atoms with Crippen molar-refractivity contribution < 1.29 is 9.13 Å². The lowest BCUT2D eigenvalue weighted by molar-refractivity contribution is 0.309. The van der Waals surface area contributed by atoms with Crippen LogP contribution in [0.25, 0.3) is 0 Å². The average Bonchev–Trinajstić information content (AvgIpc) is 2.50. The van der Waals surface area contributed by atoms with Crippen molar-refractivity contribution in [1.29, 1.82) is 0 Å². The summed E-state index contributed by atoms with van der Waals surface area (Å²) in [6.07, 6.45) is 4.90. The summed E-state index contributed by atoms with van der Waals surface area (Å²) in [7, 11) is 0. The van der Waals surface area contributed by atoms with Gasteiger partial charge in [-0.1, -0.05) is 25.5 Å². The van der Waals surface area contributed by atoms with E-state index < -0.39 is 0 Å². The van der Waals surface area contributed by atoms with Crippen LogP contribution in [0, 0.1) is 5.82 Å². The number of nitrogens with zero attached hydrogens (tertiary/aromatic N) is 1. The predicted octanol–water partition coefficient (Wildman–Crippen LogP) is 2.95. The second-order valence-corrected chi connectivity index (χ2v) is 4.81. The summed E-state index contributed by atoms with van der Waals surface area (Å²) in [6, 6.07) is 8.72. The van der Waals surface area contributed by atoms with Crippen LogP contribution in [0.15, 0.2) is 42.7 Å². The summed E-state index contributed by atoms with van der Waals surface area (Å²) in [5, 5.41) is 0. The van der Waals surface area contributed by atoms with Gasteiger partial charge < -0.3 is 4.74 Å². The molecule has 0 amide bonds. The number of hydrogen-bond acceptors (Lipinski definition) is 4. The van der Waals surface area contributed by atoms with Gasteiger partial charge in [-0.25, -0.2) is 9.82 Å². The number of aromatic nitrogens is 1. The van der Waals surface area contributed by atoms with Crippen molar-refractivity contribution in [3.8, 4) is 5.75 Å². The molecule has 2 aromatic rings. The van der Waals surface area contributed by atoms with Crippen molar-refractivity contribution in [3.05, 3.63) is 59.7 Å². The first-order chi connectivity index (χ1) is 10.2. The van der Waals surface area contributed by atoms with Crippen LogP contribution in [-0.4, -0.2) is 11.6 Å². The number of rotatable bonds is 7. The van der Waals surface area contributed by atoms with Gasteiger partial charge in [-0.2, -0.15) is 0 Å². The number of hydrazine groups is 1. The SMILES string of the molecule is CCCCOc1ccc(C(NN)c2cncc(F)c2)cc1. The summed E-state index contributed by atoms with van der Waals surface area (Å²) in [4.78, 5) is 3.85. The molecule has 112 valence electrons. The molecule has 0 radical (unpaired) electrons. The second kappa shape index (κ2) is 7.71. The monoisotopic (exact) mass is 289 g/mol. The molecule has 0 saturated carbocycles. The number of nitrogens with two attached hydrogens (primary N) is 1. The summed E-state index contributed by atoms with van der Waals surface area (Å²) < 4.78 is 18.9. The number of nitrogens with one attached hydrogen (secondary N) is 1. The van der Waals surface area contributed by atoms with E-state index in [4.69, 9.17) is 10.6 Å². The van der Waals surface area contributed by atoms with E-state index in [1.54, 1.807) is 6.20 Å². The Kier molecular flexibility index (Phi) is 5.66. The van der Waals surface area contributed by atoms with Crippen LogP contribution in [0.3, 0.4) is 0 Å². The first-order valence-corrected chi connectivity index (χ1v) is 7.04. The number of benzene rings is 1. The Morgan fingerprint density at radius 2 is 2.00 bits per heavy atom. The van der Waals surface area contributed by atoms with E-state index in [9.17, 15) is 4.39 Å². The molecule has 0 saturated heterocycles. The summed E-state index contributed by atoms with van der Waals surface area (Å²) >= 11 is 0. The molecule has 2 rings (SSSR count). The third-order valence-corrected chi connectivity index (χ3v) is 3.21. The van der Waals surface area contributed by atoms with E-state index >= 15 is 0 Å². The lowest BCUT2D eigenvalue weighted by atomic mass is 10.0. The van der Waals surface area contributed by atoms with E-state index in [1.807, 2.05) is 24.3 Å². The average molecular weight is 289 g/mol. The van der Waals surface area contributed by atoms with Gasteiger partial charge >= 0.3 is 0 Å². The van der Waals surface area contributed by atoms with Crippen LogP contribution < -0.4 is 16.0 Å². The molecule has 1 unspecified atom stereocenters. The minimum Gasteiger partial charge on any atom is -0.494 e. The highest BCUT2D eigenvalue weighted by Crippen LogP contribution is 2.23. The van der Waals surface area contributed by atoms with E-state index in [-0.39, 0.29) is 11.9 Å². The van der Waals surface area contributed by atoms with Gasteiger partial charge in [0, 0.05) is 6.20 Å². The van der Waals surface area contributed by atoms with Crippen molar-refractivity contribution >= 4 is 0 Å². The van der Waals surface area contributed by atoms with Crippen LogP contribution in [0.5, 0.6) is 5.75 Å². The number of pyridine rings is 1. The maximum absolute atomic E-state index is 13.3. The van der Waals surface area contributed by atoms with E-state index in [1.165, 1.54) is 12.3 Å². The molecule has 0 aliphatic rings.